The van der Waals surface area contributed by atoms with Gasteiger partial charge < -0.3 is 4.74 Å². The van der Waals surface area contributed by atoms with E-state index < -0.39 is 36.0 Å². The van der Waals surface area contributed by atoms with Crippen LogP contribution in [0.2, 0.25) is 0 Å². The Balaban J connectivity index is 1.91. The molecule has 0 aliphatic rings. The van der Waals surface area contributed by atoms with Gasteiger partial charge in [0.2, 0.25) is 0 Å². The van der Waals surface area contributed by atoms with Crippen molar-refractivity contribution in [3.05, 3.63) is 59.7 Å². The number of alkyl halides is 6. The molecule has 0 heterocycles. The summed E-state index contributed by atoms with van der Waals surface area (Å²) < 4.78 is 77.9. The van der Waals surface area contributed by atoms with Crippen molar-refractivity contribution >= 4 is 23.6 Å². The predicted molar refractivity (Wildman–Crippen MR) is 96.3 cm³/mol. The van der Waals surface area contributed by atoms with Gasteiger partial charge in [-0.15, -0.1) is 0 Å². The third-order valence-corrected chi connectivity index (χ3v) is 3.56. The average Bonchev–Trinajstić information content (AvgIpc) is 2.75. The fraction of sp³-hybridized carbons (Fsp3) is 0.111. The first kappa shape index (κ1) is 25.0. The van der Waals surface area contributed by atoms with E-state index in [1.54, 1.807) is 10.9 Å². The van der Waals surface area contributed by atoms with Gasteiger partial charge in [-0.1, -0.05) is 0 Å². The molecule has 0 aromatic heterocycles. The zero-order chi connectivity index (χ0) is 24.8. The number of amides is 4. The smallest absolute Gasteiger partial charge is 0.457 e. The first-order valence-electron chi connectivity index (χ1n) is 8.50. The van der Waals surface area contributed by atoms with Crippen LogP contribution >= 0.6 is 0 Å². The van der Waals surface area contributed by atoms with Crippen molar-refractivity contribution in [2.45, 2.75) is 12.4 Å². The molecule has 4 N–H and O–H groups in total. The minimum atomic E-state index is -5.17. The molecule has 0 saturated heterocycles. The van der Waals surface area contributed by atoms with E-state index in [2.05, 4.69) is 0 Å². The molecule has 2 aromatic carbocycles. The third-order valence-electron chi connectivity index (χ3n) is 3.56. The molecule has 0 bridgehead atoms. The van der Waals surface area contributed by atoms with Crippen molar-refractivity contribution in [2.24, 2.45) is 0 Å². The Kier molecular flexibility index (Phi) is 7.48. The van der Waals surface area contributed by atoms with E-state index in [0.717, 1.165) is 0 Å². The van der Waals surface area contributed by atoms with Gasteiger partial charge in [0.1, 0.15) is 11.5 Å². The van der Waals surface area contributed by atoms with Gasteiger partial charge in [-0.2, -0.15) is 26.3 Å². The van der Waals surface area contributed by atoms with Crippen molar-refractivity contribution in [3.8, 4) is 11.5 Å². The summed E-state index contributed by atoms with van der Waals surface area (Å²) in [4.78, 5) is 44.8. The fourth-order valence-corrected chi connectivity index (χ4v) is 2.00. The molecular weight excluding hydrogens is 466 g/mol. The molecule has 0 unspecified atom stereocenters. The van der Waals surface area contributed by atoms with Crippen LogP contribution < -0.4 is 26.4 Å². The van der Waals surface area contributed by atoms with Crippen LogP contribution in [0.15, 0.2) is 48.5 Å². The highest BCUT2D eigenvalue weighted by molar-refractivity contribution is 5.96. The Morgan fingerprint density at radius 1 is 0.545 bits per heavy atom. The number of carbonyl (C=O) groups excluding carboxylic acids is 4. The maximum absolute atomic E-state index is 12.1. The number of carbonyl (C=O) groups is 4. The summed E-state index contributed by atoms with van der Waals surface area (Å²) in [6, 6.07) is 9.90. The highest BCUT2D eigenvalue weighted by Gasteiger charge is 2.39. The van der Waals surface area contributed by atoms with E-state index in [9.17, 15) is 45.5 Å². The maximum atomic E-state index is 12.1. The summed E-state index contributed by atoms with van der Waals surface area (Å²) in [6.07, 6.45) is -10.3. The van der Waals surface area contributed by atoms with Crippen molar-refractivity contribution in [3.63, 3.8) is 0 Å². The van der Waals surface area contributed by atoms with Gasteiger partial charge in [0, 0.05) is 11.1 Å². The molecule has 2 rings (SSSR count). The molecule has 176 valence electrons. The molecule has 0 spiro atoms. The second-order valence-corrected chi connectivity index (χ2v) is 5.96. The Morgan fingerprint density at radius 3 is 1.12 bits per heavy atom. The monoisotopic (exact) mass is 478 g/mol. The van der Waals surface area contributed by atoms with Crippen molar-refractivity contribution in [1.82, 2.24) is 21.7 Å². The van der Waals surface area contributed by atoms with Gasteiger partial charge in [0.15, 0.2) is 0 Å². The number of hydrogen-bond donors (Lipinski definition) is 4. The lowest BCUT2D eigenvalue weighted by atomic mass is 10.2. The van der Waals surface area contributed by atoms with Crippen molar-refractivity contribution in [2.75, 3.05) is 0 Å². The van der Waals surface area contributed by atoms with E-state index in [1.165, 1.54) is 59.4 Å². The molecule has 0 aliphatic carbocycles. The van der Waals surface area contributed by atoms with Crippen LogP contribution in [-0.4, -0.2) is 36.0 Å². The lowest BCUT2D eigenvalue weighted by Gasteiger charge is -2.11. The molecule has 0 radical (unpaired) electrons. The number of hydrazine groups is 2. The van der Waals surface area contributed by atoms with Gasteiger partial charge >= 0.3 is 24.2 Å². The Labute approximate surface area is 180 Å². The number of nitrogens with one attached hydrogen (secondary N) is 4. The lowest BCUT2D eigenvalue weighted by Crippen LogP contribution is -2.47. The average molecular weight is 478 g/mol. The molecular formula is C18H12F6N4O5. The summed E-state index contributed by atoms with van der Waals surface area (Å²) >= 11 is 0. The molecule has 33 heavy (non-hydrogen) atoms. The fourth-order valence-electron chi connectivity index (χ4n) is 2.00. The van der Waals surface area contributed by atoms with Gasteiger partial charge in [0.05, 0.1) is 0 Å². The van der Waals surface area contributed by atoms with Crippen LogP contribution in [0.3, 0.4) is 0 Å². The van der Waals surface area contributed by atoms with Crippen LogP contribution in [0.5, 0.6) is 11.5 Å². The largest absolute Gasteiger partial charge is 0.472 e. The zero-order valence-electron chi connectivity index (χ0n) is 15.9. The van der Waals surface area contributed by atoms with Crippen molar-refractivity contribution < 1.29 is 50.3 Å². The van der Waals surface area contributed by atoms with Crippen LogP contribution in [0.4, 0.5) is 26.3 Å². The summed E-state index contributed by atoms with van der Waals surface area (Å²) in [6.45, 7) is 0. The topological polar surface area (TPSA) is 126 Å². The van der Waals surface area contributed by atoms with Crippen LogP contribution in [0, 0.1) is 0 Å². The summed E-state index contributed by atoms with van der Waals surface area (Å²) in [5.74, 6) is -6.38. The lowest BCUT2D eigenvalue weighted by molar-refractivity contribution is -0.174. The van der Waals surface area contributed by atoms with Gasteiger partial charge in [-0.05, 0) is 48.5 Å². The SMILES string of the molecule is O=C(NNC(=O)C(F)(F)F)c1ccc(Oc2ccc(C(=O)NNC(=O)C(F)(F)F)cc2)cc1. The molecule has 2 aromatic rings. The number of benzene rings is 2. The number of hydrogen-bond acceptors (Lipinski definition) is 5. The van der Waals surface area contributed by atoms with Crippen LogP contribution in [-0.2, 0) is 9.59 Å². The van der Waals surface area contributed by atoms with E-state index in [0.29, 0.717) is 0 Å². The molecule has 15 heteroatoms. The third kappa shape index (κ3) is 7.41. The van der Waals surface area contributed by atoms with E-state index in [-0.39, 0.29) is 22.6 Å². The summed E-state index contributed by atoms with van der Waals surface area (Å²) in [5, 5.41) is 0. The van der Waals surface area contributed by atoms with Crippen molar-refractivity contribution in [1.29, 1.82) is 0 Å². The maximum Gasteiger partial charge on any atom is 0.472 e. The Morgan fingerprint density at radius 2 is 0.848 bits per heavy atom. The molecule has 9 nitrogen and oxygen atoms in total. The second-order valence-electron chi connectivity index (χ2n) is 5.96. The summed E-state index contributed by atoms with van der Waals surface area (Å²) in [5.41, 5.74) is 5.40. The predicted octanol–water partition coefficient (Wildman–Crippen LogP) is 2.13. The second kappa shape index (κ2) is 9.88. The highest BCUT2D eigenvalue weighted by atomic mass is 19.4. The van der Waals surface area contributed by atoms with Crippen LogP contribution in [0.1, 0.15) is 20.7 Å². The summed E-state index contributed by atoms with van der Waals surface area (Å²) in [7, 11) is 0. The molecule has 0 saturated carbocycles. The van der Waals surface area contributed by atoms with Crippen LogP contribution in [0.25, 0.3) is 0 Å². The Bertz CT molecular complexity index is 953. The Hall–Kier alpha value is -4.30. The standard InChI is InChI=1S/C18H12F6N4O5/c19-17(20,21)15(31)27-25-13(29)9-1-5-11(6-2-9)33-12-7-3-10(4-8-12)14(30)26-28-16(32)18(22,23)24/h1-8H,(H,25,29)(H,26,30)(H,27,31)(H,28,32). The van der Waals surface area contributed by atoms with Gasteiger partial charge in [-0.3, -0.25) is 40.9 Å². The van der Waals surface area contributed by atoms with E-state index in [1.807, 2.05) is 0 Å². The molecule has 0 aliphatic heterocycles. The first-order chi connectivity index (χ1) is 15.3. The highest BCUT2D eigenvalue weighted by Crippen LogP contribution is 2.22. The van der Waals surface area contributed by atoms with Gasteiger partial charge in [0.25, 0.3) is 11.8 Å². The van der Waals surface area contributed by atoms with Gasteiger partial charge in [-0.25, -0.2) is 0 Å². The van der Waals surface area contributed by atoms with E-state index in [4.69, 9.17) is 4.74 Å². The number of halogens is 6. The molecule has 0 atom stereocenters. The van der Waals surface area contributed by atoms with E-state index >= 15 is 0 Å². The number of ether oxygens (including phenoxy) is 1. The minimum absolute atomic E-state index is 0.0993. The molecule has 0 fully saturated rings. The number of rotatable bonds is 4. The minimum Gasteiger partial charge on any atom is -0.457 e. The quantitative estimate of drug-likeness (QED) is 0.396. The molecule has 4 amide bonds. The normalized spacial score (nSPS) is 11.2. The first-order valence-corrected chi connectivity index (χ1v) is 8.50. The zero-order valence-corrected chi connectivity index (χ0v) is 15.9.